The molecule has 0 aromatic heterocycles. The van der Waals surface area contributed by atoms with Gasteiger partial charge in [0.1, 0.15) is 0 Å². The van der Waals surface area contributed by atoms with Crippen molar-refractivity contribution in [1.29, 1.82) is 0 Å². The maximum absolute atomic E-state index is 14.3. The van der Waals surface area contributed by atoms with E-state index in [1.807, 2.05) is 127 Å². The first-order chi connectivity index (χ1) is 17.5. The fourth-order valence-corrected chi connectivity index (χ4v) is 4.70. The molecule has 3 heteroatoms. The zero-order valence-electron chi connectivity index (χ0n) is 19.5. The molecule has 5 rings (SSSR count). The van der Waals surface area contributed by atoms with E-state index in [1.165, 1.54) is 12.1 Å². The van der Waals surface area contributed by atoms with E-state index in [2.05, 4.69) is 0 Å². The monoisotopic (exact) mass is 477 g/mol. The van der Waals surface area contributed by atoms with Gasteiger partial charge in [0.05, 0.1) is 28.2 Å². The molecule has 0 bridgehead atoms. The Kier molecular flexibility index (Phi) is 6.64. The molecule has 0 aliphatic rings. The molecule has 5 aromatic carbocycles. The lowest BCUT2D eigenvalue weighted by atomic mass is 9.79. The van der Waals surface area contributed by atoms with Crippen molar-refractivity contribution in [3.63, 3.8) is 0 Å². The Hall–Kier alpha value is -4.24. The van der Waals surface area contributed by atoms with Crippen molar-refractivity contribution in [2.75, 3.05) is 0 Å². The van der Waals surface area contributed by atoms with Gasteiger partial charge in [-0.1, -0.05) is 72.8 Å². The van der Waals surface area contributed by atoms with E-state index in [9.17, 15) is 13.2 Å². The minimum atomic E-state index is -4.48. The Morgan fingerprint density at radius 3 is 1.28 bits per heavy atom. The Balaban J connectivity index is 1.76. The van der Waals surface area contributed by atoms with Gasteiger partial charge < -0.3 is 0 Å². The summed E-state index contributed by atoms with van der Waals surface area (Å²) in [4.78, 5) is 0. The number of halogens is 3. The first-order valence-electron chi connectivity index (χ1n) is 11.8. The molecule has 0 aliphatic carbocycles. The zero-order chi connectivity index (χ0) is 25.0. The van der Waals surface area contributed by atoms with E-state index in [0.29, 0.717) is 11.1 Å². The van der Waals surface area contributed by atoms with Gasteiger partial charge in [0.25, 0.3) is 0 Å². The highest BCUT2D eigenvalue weighted by Crippen LogP contribution is 2.40. The standard InChI is InChI=1S/C33H24F3/c34-33(35,36)30-22-28(31(24-13-5-1-6-14-24)25-15-7-2-8-16-25)21-29(23-30)32(26-17-9-3-10-18-26)27-19-11-4-12-20-27/h1-23,31H/q+1. The first-order valence-corrected chi connectivity index (χ1v) is 11.8. The molecule has 0 unspecified atom stereocenters. The molecule has 0 atom stereocenters. The second-order valence-corrected chi connectivity index (χ2v) is 8.70. The second kappa shape index (κ2) is 10.2. The Morgan fingerprint density at radius 1 is 0.444 bits per heavy atom. The predicted molar refractivity (Wildman–Crippen MR) is 139 cm³/mol. The molecule has 0 radical (unpaired) electrons. The van der Waals surface area contributed by atoms with Crippen LogP contribution < -0.4 is 0 Å². The lowest BCUT2D eigenvalue weighted by molar-refractivity contribution is -0.137. The van der Waals surface area contributed by atoms with E-state index in [1.54, 1.807) is 0 Å². The fraction of sp³-hybridized carbons (Fsp3) is 0.0606. The maximum atomic E-state index is 14.3. The Bertz CT molecular complexity index is 1210. The van der Waals surface area contributed by atoms with Crippen molar-refractivity contribution >= 4 is 0 Å². The number of benzene rings is 5. The van der Waals surface area contributed by atoms with Crippen molar-refractivity contribution in [3.8, 4) is 0 Å². The maximum Gasteiger partial charge on any atom is 0.421 e. The van der Waals surface area contributed by atoms with Crippen LogP contribution in [-0.2, 0) is 6.18 Å². The summed E-state index contributed by atoms with van der Waals surface area (Å²) >= 11 is 0. The SMILES string of the molecule is FC(F)(F)c1cc([C+](c2ccccc2)c2ccccc2)cc(C(c2ccccc2)c2ccccc2)c1. The largest absolute Gasteiger partial charge is 0.421 e. The third-order valence-electron chi connectivity index (χ3n) is 6.30. The van der Waals surface area contributed by atoms with Gasteiger partial charge in [0.2, 0.25) is 0 Å². The predicted octanol–water partition coefficient (Wildman–Crippen LogP) is 8.90. The lowest BCUT2D eigenvalue weighted by Crippen LogP contribution is -2.13. The van der Waals surface area contributed by atoms with Gasteiger partial charge in [-0.15, -0.1) is 0 Å². The number of hydrogen-bond donors (Lipinski definition) is 0. The van der Waals surface area contributed by atoms with E-state index in [4.69, 9.17) is 0 Å². The van der Waals surface area contributed by atoms with Crippen molar-refractivity contribution in [1.82, 2.24) is 0 Å². The molecular weight excluding hydrogens is 453 g/mol. The average Bonchev–Trinajstić information content (AvgIpc) is 2.91. The summed E-state index contributed by atoms with van der Waals surface area (Å²) in [6.07, 6.45) is -4.48. The number of alkyl halides is 3. The summed E-state index contributed by atoms with van der Waals surface area (Å²) in [6.45, 7) is 0. The molecule has 0 amide bonds. The summed E-state index contributed by atoms with van der Waals surface area (Å²) in [5, 5.41) is 0. The summed E-state index contributed by atoms with van der Waals surface area (Å²) < 4.78 is 42.8. The minimum Gasteiger partial charge on any atom is -0.166 e. The third-order valence-corrected chi connectivity index (χ3v) is 6.30. The van der Waals surface area contributed by atoms with Crippen LogP contribution in [-0.4, -0.2) is 0 Å². The third kappa shape index (κ3) is 5.06. The number of rotatable bonds is 6. The lowest BCUT2D eigenvalue weighted by Gasteiger charge is -2.22. The summed E-state index contributed by atoms with van der Waals surface area (Å²) in [5.41, 5.74) is 4.09. The summed E-state index contributed by atoms with van der Waals surface area (Å²) in [6, 6.07) is 43.1. The van der Waals surface area contributed by atoms with Crippen LogP contribution in [0.4, 0.5) is 13.2 Å². The molecular formula is C33H24F3+. The first kappa shape index (κ1) is 23.5. The van der Waals surface area contributed by atoms with Crippen LogP contribution in [0.5, 0.6) is 0 Å². The highest BCUT2D eigenvalue weighted by Gasteiger charge is 2.35. The molecule has 0 saturated heterocycles. The van der Waals surface area contributed by atoms with E-state index < -0.39 is 11.7 Å². The summed E-state index contributed by atoms with van der Waals surface area (Å²) in [5.74, 6) is 0.421. The van der Waals surface area contributed by atoms with Crippen LogP contribution in [0, 0.1) is 5.92 Å². The smallest absolute Gasteiger partial charge is 0.166 e. The van der Waals surface area contributed by atoms with E-state index in [-0.39, 0.29) is 5.92 Å². The Labute approximate surface area is 209 Å². The normalized spacial score (nSPS) is 11.4. The quantitative estimate of drug-likeness (QED) is 0.169. The molecule has 0 aliphatic heterocycles. The van der Waals surface area contributed by atoms with Crippen molar-refractivity contribution in [2.45, 2.75) is 12.1 Å². The van der Waals surface area contributed by atoms with Crippen LogP contribution in [0.1, 0.15) is 44.9 Å². The van der Waals surface area contributed by atoms with Crippen molar-refractivity contribution in [3.05, 3.63) is 184 Å². The molecule has 0 spiro atoms. The zero-order valence-corrected chi connectivity index (χ0v) is 19.5. The molecule has 5 aromatic rings. The van der Waals surface area contributed by atoms with E-state index >= 15 is 0 Å². The molecule has 0 saturated carbocycles. The van der Waals surface area contributed by atoms with Crippen molar-refractivity contribution in [2.24, 2.45) is 0 Å². The van der Waals surface area contributed by atoms with Gasteiger partial charge in [-0.3, -0.25) is 0 Å². The number of hydrogen-bond acceptors (Lipinski definition) is 0. The van der Waals surface area contributed by atoms with Gasteiger partial charge in [-0.25, -0.2) is 0 Å². The average molecular weight is 478 g/mol. The minimum absolute atomic E-state index is 0.346. The van der Waals surface area contributed by atoms with Gasteiger partial charge in [0, 0.05) is 12.0 Å². The van der Waals surface area contributed by atoms with Crippen LogP contribution in [0.3, 0.4) is 0 Å². The summed E-state index contributed by atoms with van der Waals surface area (Å²) in [7, 11) is 0. The molecule has 0 N–H and O–H groups in total. The van der Waals surface area contributed by atoms with Gasteiger partial charge in [0.15, 0.2) is 0 Å². The molecule has 0 fully saturated rings. The second-order valence-electron chi connectivity index (χ2n) is 8.70. The van der Waals surface area contributed by atoms with E-state index in [0.717, 1.165) is 28.2 Å². The van der Waals surface area contributed by atoms with Crippen LogP contribution in [0.2, 0.25) is 0 Å². The molecule has 0 heterocycles. The van der Waals surface area contributed by atoms with Crippen molar-refractivity contribution < 1.29 is 13.2 Å². The van der Waals surface area contributed by atoms with Gasteiger partial charge >= 0.3 is 6.18 Å². The molecule has 0 nitrogen and oxygen atoms in total. The molecule has 176 valence electrons. The highest BCUT2D eigenvalue weighted by atomic mass is 19.4. The van der Waals surface area contributed by atoms with Crippen LogP contribution in [0.25, 0.3) is 0 Å². The Morgan fingerprint density at radius 2 is 0.861 bits per heavy atom. The highest BCUT2D eigenvalue weighted by molar-refractivity contribution is 5.60. The molecule has 36 heavy (non-hydrogen) atoms. The van der Waals surface area contributed by atoms with Gasteiger partial charge in [-0.05, 0) is 77.4 Å². The fourth-order valence-electron chi connectivity index (χ4n) is 4.70. The van der Waals surface area contributed by atoms with Crippen LogP contribution in [0.15, 0.2) is 140 Å². The van der Waals surface area contributed by atoms with Crippen LogP contribution >= 0.6 is 0 Å². The topological polar surface area (TPSA) is 0 Å². The van der Waals surface area contributed by atoms with Gasteiger partial charge in [-0.2, -0.15) is 13.2 Å².